The molecule has 0 bridgehead atoms. The van der Waals surface area contributed by atoms with Crippen LogP contribution < -0.4 is 0 Å². The van der Waals surface area contributed by atoms with Gasteiger partial charge in [0.2, 0.25) is 6.08 Å². The summed E-state index contributed by atoms with van der Waals surface area (Å²) in [7, 11) is 0. The molecule has 15 heavy (non-hydrogen) atoms. The zero-order chi connectivity index (χ0) is 10.9. The van der Waals surface area contributed by atoms with Crippen molar-refractivity contribution in [2.24, 2.45) is 10.9 Å². The van der Waals surface area contributed by atoms with E-state index in [4.69, 9.17) is 0 Å². The minimum atomic E-state index is -1.11. The molecule has 0 heterocycles. The fourth-order valence-corrected chi connectivity index (χ4v) is 3.41. The molecule has 0 aromatic rings. The van der Waals surface area contributed by atoms with Crippen molar-refractivity contribution in [3.63, 3.8) is 0 Å². The molecule has 0 saturated heterocycles. The highest BCUT2D eigenvalue weighted by molar-refractivity contribution is 5.37. The van der Waals surface area contributed by atoms with Gasteiger partial charge in [-0.1, -0.05) is 19.3 Å². The molecule has 0 N–H and O–H groups in total. The highest BCUT2D eigenvalue weighted by Crippen LogP contribution is 2.54. The first-order chi connectivity index (χ1) is 7.08. The molecule has 2 aliphatic carbocycles. The summed E-state index contributed by atoms with van der Waals surface area (Å²) < 4.78 is 13.6. The second-order valence-electron chi connectivity index (χ2n) is 5.41. The van der Waals surface area contributed by atoms with Crippen LogP contribution in [0.1, 0.15) is 51.9 Å². The molecule has 0 amide bonds. The van der Waals surface area contributed by atoms with Crippen molar-refractivity contribution in [2.75, 3.05) is 0 Å². The van der Waals surface area contributed by atoms with Crippen LogP contribution in [0.2, 0.25) is 0 Å². The number of aliphatic imine (C=N–C) groups is 1. The van der Waals surface area contributed by atoms with Crippen LogP contribution in [-0.2, 0) is 4.79 Å². The van der Waals surface area contributed by atoms with Gasteiger partial charge in [-0.25, -0.2) is 9.18 Å². The van der Waals surface area contributed by atoms with E-state index in [0.717, 1.165) is 12.8 Å². The number of nitrogens with zero attached hydrogens (tertiary/aromatic N) is 1. The summed E-state index contributed by atoms with van der Waals surface area (Å²) in [5.41, 5.74) is -1.51. The average molecular weight is 211 g/mol. The molecule has 0 aromatic heterocycles. The second-order valence-corrected chi connectivity index (χ2v) is 5.41. The molecule has 2 rings (SSSR count). The fourth-order valence-electron chi connectivity index (χ4n) is 3.41. The van der Waals surface area contributed by atoms with E-state index in [9.17, 15) is 9.18 Å². The minimum absolute atomic E-state index is 0.397. The summed E-state index contributed by atoms with van der Waals surface area (Å²) in [5.74, 6) is 0.413. The van der Waals surface area contributed by atoms with E-state index in [2.05, 4.69) is 4.99 Å². The molecule has 2 fully saturated rings. The Kier molecular flexibility index (Phi) is 2.68. The quantitative estimate of drug-likeness (QED) is 0.509. The van der Waals surface area contributed by atoms with E-state index >= 15 is 0 Å². The standard InChI is InChI=1S/C12H18FNO/c1-11(13)7-12(8-11,14-9-15)10-5-3-2-4-6-10/h10H,2-8H2,1H3. The number of halogens is 1. The number of rotatable bonds is 2. The Morgan fingerprint density at radius 2 is 1.87 bits per heavy atom. The zero-order valence-corrected chi connectivity index (χ0v) is 9.26. The van der Waals surface area contributed by atoms with E-state index in [1.165, 1.54) is 19.3 Å². The molecule has 2 aliphatic rings. The van der Waals surface area contributed by atoms with Gasteiger partial charge in [-0.3, -0.25) is 0 Å². The molecule has 0 atom stereocenters. The normalized spacial score (nSPS) is 41.7. The smallest absolute Gasteiger partial charge is 0.235 e. The monoisotopic (exact) mass is 211 g/mol. The lowest BCUT2D eigenvalue weighted by atomic mass is 9.58. The first-order valence-corrected chi connectivity index (χ1v) is 5.86. The Bertz CT molecular complexity index is 280. The third-order valence-corrected chi connectivity index (χ3v) is 3.98. The summed E-state index contributed by atoms with van der Waals surface area (Å²) in [5, 5.41) is 0. The van der Waals surface area contributed by atoms with Gasteiger partial charge >= 0.3 is 0 Å². The molecule has 2 saturated carbocycles. The summed E-state index contributed by atoms with van der Waals surface area (Å²) in [6, 6.07) is 0. The summed E-state index contributed by atoms with van der Waals surface area (Å²) >= 11 is 0. The molecular weight excluding hydrogens is 193 g/mol. The van der Waals surface area contributed by atoms with Gasteiger partial charge in [0, 0.05) is 12.8 Å². The van der Waals surface area contributed by atoms with Crippen LogP contribution in [-0.4, -0.2) is 17.3 Å². The van der Waals surface area contributed by atoms with Gasteiger partial charge in [0.15, 0.2) is 0 Å². The van der Waals surface area contributed by atoms with Gasteiger partial charge in [0.05, 0.1) is 5.54 Å². The minimum Gasteiger partial charge on any atom is -0.244 e. The molecule has 0 aliphatic heterocycles. The number of hydrogen-bond donors (Lipinski definition) is 0. The number of hydrogen-bond acceptors (Lipinski definition) is 2. The molecule has 0 spiro atoms. The van der Waals surface area contributed by atoms with Gasteiger partial charge < -0.3 is 0 Å². The van der Waals surface area contributed by atoms with Crippen molar-refractivity contribution >= 4 is 6.08 Å². The van der Waals surface area contributed by atoms with Crippen LogP contribution in [0.15, 0.2) is 4.99 Å². The summed E-state index contributed by atoms with van der Waals surface area (Å²) in [4.78, 5) is 14.4. The van der Waals surface area contributed by atoms with Gasteiger partial charge in [-0.2, -0.15) is 4.99 Å². The molecule has 3 heteroatoms. The van der Waals surface area contributed by atoms with E-state index in [-0.39, 0.29) is 0 Å². The van der Waals surface area contributed by atoms with Crippen molar-refractivity contribution in [3.05, 3.63) is 0 Å². The predicted octanol–water partition coefficient (Wildman–Crippen LogP) is 3.16. The van der Waals surface area contributed by atoms with Crippen LogP contribution in [0, 0.1) is 5.92 Å². The summed E-state index contributed by atoms with van der Waals surface area (Å²) in [6.45, 7) is 1.61. The third kappa shape index (κ3) is 1.98. The van der Waals surface area contributed by atoms with Gasteiger partial charge in [0.1, 0.15) is 5.67 Å². The Hall–Kier alpha value is -0.690. The highest BCUT2D eigenvalue weighted by atomic mass is 19.1. The molecule has 0 radical (unpaired) electrons. The van der Waals surface area contributed by atoms with Crippen LogP contribution in [0.4, 0.5) is 4.39 Å². The third-order valence-electron chi connectivity index (χ3n) is 3.98. The largest absolute Gasteiger partial charge is 0.244 e. The van der Waals surface area contributed by atoms with Crippen LogP contribution in [0.3, 0.4) is 0 Å². The molecule has 0 unspecified atom stereocenters. The second kappa shape index (κ2) is 3.71. The van der Waals surface area contributed by atoms with Crippen molar-refractivity contribution in [2.45, 2.75) is 63.1 Å². The lowest BCUT2D eigenvalue weighted by Gasteiger charge is -2.51. The van der Waals surface area contributed by atoms with Gasteiger partial charge in [0.25, 0.3) is 0 Å². The van der Waals surface area contributed by atoms with Crippen molar-refractivity contribution in [1.29, 1.82) is 0 Å². The topological polar surface area (TPSA) is 29.4 Å². The lowest BCUT2D eigenvalue weighted by molar-refractivity contribution is -0.0354. The molecule has 84 valence electrons. The van der Waals surface area contributed by atoms with E-state index in [1.807, 2.05) is 0 Å². The Morgan fingerprint density at radius 3 is 2.33 bits per heavy atom. The van der Waals surface area contributed by atoms with Gasteiger partial charge in [-0.15, -0.1) is 0 Å². The number of isocyanates is 1. The van der Waals surface area contributed by atoms with Crippen molar-refractivity contribution < 1.29 is 9.18 Å². The summed E-state index contributed by atoms with van der Waals surface area (Å²) in [6.07, 6.45) is 8.35. The molecule has 2 nitrogen and oxygen atoms in total. The average Bonchev–Trinajstić information content (AvgIpc) is 2.16. The van der Waals surface area contributed by atoms with E-state index in [0.29, 0.717) is 18.8 Å². The van der Waals surface area contributed by atoms with Crippen molar-refractivity contribution in [1.82, 2.24) is 0 Å². The number of alkyl halides is 1. The van der Waals surface area contributed by atoms with Gasteiger partial charge in [-0.05, 0) is 25.7 Å². The first-order valence-electron chi connectivity index (χ1n) is 5.86. The molecular formula is C12H18FNO. The van der Waals surface area contributed by atoms with Crippen LogP contribution >= 0.6 is 0 Å². The Morgan fingerprint density at radius 1 is 1.27 bits per heavy atom. The fraction of sp³-hybridized carbons (Fsp3) is 0.917. The highest BCUT2D eigenvalue weighted by Gasteiger charge is 2.56. The van der Waals surface area contributed by atoms with E-state index in [1.54, 1.807) is 13.0 Å². The first kappa shape index (κ1) is 10.8. The maximum absolute atomic E-state index is 13.6. The lowest BCUT2D eigenvalue weighted by Crippen LogP contribution is -2.56. The van der Waals surface area contributed by atoms with Crippen LogP contribution in [0.25, 0.3) is 0 Å². The SMILES string of the molecule is CC1(F)CC(N=C=O)(C2CCCCC2)C1. The molecule has 0 aromatic carbocycles. The Labute approximate surface area is 90.0 Å². The predicted molar refractivity (Wildman–Crippen MR) is 56.2 cm³/mol. The maximum atomic E-state index is 13.6. The van der Waals surface area contributed by atoms with E-state index < -0.39 is 11.2 Å². The van der Waals surface area contributed by atoms with Crippen LogP contribution in [0.5, 0.6) is 0 Å². The number of carbonyl (C=O) groups excluding carboxylic acids is 1. The van der Waals surface area contributed by atoms with Crippen molar-refractivity contribution in [3.8, 4) is 0 Å². The maximum Gasteiger partial charge on any atom is 0.235 e. The Balaban J connectivity index is 2.10. The zero-order valence-electron chi connectivity index (χ0n) is 9.26.